The molecule has 0 fully saturated rings. The van der Waals surface area contributed by atoms with Gasteiger partial charge in [0.2, 0.25) is 5.91 Å². The maximum atomic E-state index is 12.2. The molecule has 144 valence electrons. The zero-order chi connectivity index (χ0) is 20.1. The average molecular weight is 436 g/mol. The standard InChI is InChI=1S/C17H14ClN5O3S2/c18-9-3-1-4-10(7-9)20-12(24)8-28-17-22-14(19)13(16(26)23-17)21-15(25)11-5-2-6-27-11/h1-7H,8H2,(H,20,24)(H,21,25)(H3,19,22,23,26). The maximum Gasteiger partial charge on any atom is 0.277 e. The molecule has 5 N–H and O–H groups in total. The molecule has 0 radical (unpaired) electrons. The molecule has 3 aromatic rings. The Morgan fingerprint density at radius 3 is 2.75 bits per heavy atom. The van der Waals surface area contributed by atoms with Gasteiger partial charge >= 0.3 is 0 Å². The summed E-state index contributed by atoms with van der Waals surface area (Å²) in [4.78, 5) is 43.3. The van der Waals surface area contributed by atoms with Crippen LogP contribution in [0.1, 0.15) is 9.67 Å². The molecule has 28 heavy (non-hydrogen) atoms. The topological polar surface area (TPSA) is 130 Å². The SMILES string of the molecule is Nc1nc(SCC(=O)Nc2cccc(Cl)c2)[nH]c(=O)c1NC(=O)c1cccs1. The number of carbonyl (C=O) groups excluding carboxylic acids is 2. The van der Waals surface area contributed by atoms with Crippen molar-refractivity contribution < 1.29 is 9.59 Å². The number of benzene rings is 1. The number of H-pyrrole nitrogens is 1. The van der Waals surface area contributed by atoms with Gasteiger partial charge in [0.1, 0.15) is 0 Å². The maximum absolute atomic E-state index is 12.2. The normalized spacial score (nSPS) is 10.5. The van der Waals surface area contributed by atoms with Crippen LogP contribution in [0.4, 0.5) is 17.2 Å². The van der Waals surface area contributed by atoms with E-state index in [9.17, 15) is 14.4 Å². The molecule has 0 saturated carbocycles. The first-order valence-electron chi connectivity index (χ1n) is 7.85. The number of anilines is 3. The molecule has 0 bridgehead atoms. The van der Waals surface area contributed by atoms with Crippen molar-refractivity contribution in [3.05, 3.63) is 62.0 Å². The van der Waals surface area contributed by atoms with Gasteiger partial charge in [-0.25, -0.2) is 4.98 Å². The third kappa shape index (κ3) is 5.12. The molecule has 0 saturated heterocycles. The van der Waals surface area contributed by atoms with Gasteiger partial charge < -0.3 is 16.4 Å². The second-order valence-corrected chi connectivity index (χ2v) is 7.76. The highest BCUT2D eigenvalue weighted by Crippen LogP contribution is 2.19. The van der Waals surface area contributed by atoms with Gasteiger partial charge in [0.25, 0.3) is 11.5 Å². The van der Waals surface area contributed by atoms with Gasteiger partial charge in [0.05, 0.1) is 10.6 Å². The third-order valence-corrected chi connectivity index (χ3v) is 5.33. The fraction of sp³-hybridized carbons (Fsp3) is 0.0588. The minimum Gasteiger partial charge on any atom is -0.382 e. The predicted molar refractivity (Wildman–Crippen MR) is 112 cm³/mol. The minimum absolute atomic E-state index is 0.00417. The Labute approximate surface area is 172 Å². The molecule has 2 amide bonds. The Balaban J connectivity index is 1.63. The number of hydrogen-bond donors (Lipinski definition) is 4. The summed E-state index contributed by atoms with van der Waals surface area (Å²) in [5, 5.41) is 7.55. The van der Waals surface area contributed by atoms with Crippen LogP contribution < -0.4 is 21.9 Å². The molecule has 0 spiro atoms. The first kappa shape index (κ1) is 19.9. The van der Waals surface area contributed by atoms with Crippen molar-refractivity contribution in [2.75, 3.05) is 22.1 Å². The number of hydrogen-bond acceptors (Lipinski definition) is 7. The summed E-state index contributed by atoms with van der Waals surface area (Å²) in [5.74, 6) is -0.888. The lowest BCUT2D eigenvalue weighted by molar-refractivity contribution is -0.113. The Morgan fingerprint density at radius 1 is 1.25 bits per heavy atom. The number of aromatic nitrogens is 2. The van der Waals surface area contributed by atoms with Crippen molar-refractivity contribution in [3.8, 4) is 0 Å². The Hall–Kier alpha value is -2.82. The molecular weight excluding hydrogens is 422 g/mol. The summed E-state index contributed by atoms with van der Waals surface area (Å²) in [6.07, 6.45) is 0. The number of nitrogens with zero attached hydrogens (tertiary/aromatic N) is 1. The molecule has 3 rings (SSSR count). The van der Waals surface area contributed by atoms with Gasteiger partial charge in [0.15, 0.2) is 16.7 Å². The smallest absolute Gasteiger partial charge is 0.277 e. The molecule has 0 aliphatic heterocycles. The van der Waals surface area contributed by atoms with Crippen molar-refractivity contribution in [1.82, 2.24) is 9.97 Å². The van der Waals surface area contributed by atoms with Gasteiger partial charge in [-0.3, -0.25) is 19.4 Å². The number of halogens is 1. The van der Waals surface area contributed by atoms with Gasteiger partial charge in [-0.05, 0) is 29.6 Å². The van der Waals surface area contributed by atoms with E-state index < -0.39 is 11.5 Å². The van der Waals surface area contributed by atoms with Gasteiger partial charge in [-0.1, -0.05) is 35.5 Å². The van der Waals surface area contributed by atoms with E-state index in [0.29, 0.717) is 15.6 Å². The minimum atomic E-state index is -0.602. The van der Waals surface area contributed by atoms with Crippen molar-refractivity contribution >= 4 is 63.7 Å². The highest BCUT2D eigenvalue weighted by Gasteiger charge is 2.15. The molecule has 8 nitrogen and oxygen atoms in total. The number of carbonyl (C=O) groups is 2. The van der Waals surface area contributed by atoms with Crippen molar-refractivity contribution in [3.63, 3.8) is 0 Å². The zero-order valence-corrected chi connectivity index (χ0v) is 16.6. The highest BCUT2D eigenvalue weighted by atomic mass is 35.5. The molecule has 1 aromatic carbocycles. The molecule has 11 heteroatoms. The number of rotatable bonds is 6. The van der Waals surface area contributed by atoms with Crippen LogP contribution in [0.2, 0.25) is 5.02 Å². The first-order chi connectivity index (χ1) is 13.4. The summed E-state index contributed by atoms with van der Waals surface area (Å²) in [5.41, 5.74) is 5.63. The van der Waals surface area contributed by atoms with E-state index in [1.165, 1.54) is 11.3 Å². The fourth-order valence-corrected chi connectivity index (χ4v) is 3.62. The molecule has 0 aliphatic carbocycles. The van der Waals surface area contributed by atoms with E-state index >= 15 is 0 Å². The summed E-state index contributed by atoms with van der Waals surface area (Å²) in [6.45, 7) is 0. The Bertz CT molecular complexity index is 1070. The van der Waals surface area contributed by atoms with Gasteiger partial charge in [-0.2, -0.15) is 0 Å². The van der Waals surface area contributed by atoms with E-state index in [1.54, 1.807) is 41.8 Å². The second-order valence-electron chi connectivity index (χ2n) is 5.41. The molecule has 0 atom stereocenters. The summed E-state index contributed by atoms with van der Waals surface area (Å²) >= 11 is 8.11. The number of amides is 2. The molecule has 2 heterocycles. The summed E-state index contributed by atoms with van der Waals surface area (Å²) < 4.78 is 0. The second kappa shape index (κ2) is 8.91. The predicted octanol–water partition coefficient (Wildman–Crippen LogP) is 3.05. The van der Waals surface area contributed by atoms with Gasteiger partial charge in [0, 0.05) is 10.7 Å². The largest absolute Gasteiger partial charge is 0.382 e. The molecule has 0 aliphatic rings. The Morgan fingerprint density at radius 2 is 2.07 bits per heavy atom. The van der Waals surface area contributed by atoms with Crippen LogP contribution in [0.3, 0.4) is 0 Å². The van der Waals surface area contributed by atoms with E-state index in [4.69, 9.17) is 17.3 Å². The number of aromatic amines is 1. The fourth-order valence-electron chi connectivity index (χ4n) is 2.14. The van der Waals surface area contributed by atoms with Crippen LogP contribution in [0.5, 0.6) is 0 Å². The van der Waals surface area contributed by atoms with Crippen LogP contribution in [-0.2, 0) is 4.79 Å². The van der Waals surface area contributed by atoms with Crippen LogP contribution >= 0.6 is 34.7 Å². The first-order valence-corrected chi connectivity index (χ1v) is 10.1. The van der Waals surface area contributed by atoms with Crippen LogP contribution in [0.15, 0.2) is 51.7 Å². The van der Waals surface area contributed by atoms with Crippen molar-refractivity contribution in [2.45, 2.75) is 5.16 Å². The van der Waals surface area contributed by atoms with E-state index in [2.05, 4.69) is 20.6 Å². The van der Waals surface area contributed by atoms with Crippen molar-refractivity contribution in [1.29, 1.82) is 0 Å². The van der Waals surface area contributed by atoms with E-state index in [-0.39, 0.29) is 28.3 Å². The average Bonchev–Trinajstić information content (AvgIpc) is 3.18. The molecule has 2 aromatic heterocycles. The summed E-state index contributed by atoms with van der Waals surface area (Å²) in [6, 6.07) is 10.1. The number of nitrogen functional groups attached to an aromatic ring is 1. The third-order valence-electron chi connectivity index (χ3n) is 3.36. The quantitative estimate of drug-likeness (QED) is 0.347. The van der Waals surface area contributed by atoms with Crippen LogP contribution in [0, 0.1) is 0 Å². The lowest BCUT2D eigenvalue weighted by Gasteiger charge is -2.08. The number of nitrogens with two attached hydrogens (primary N) is 1. The number of nitrogens with one attached hydrogen (secondary N) is 3. The summed E-state index contributed by atoms with van der Waals surface area (Å²) in [7, 11) is 0. The van der Waals surface area contributed by atoms with Crippen molar-refractivity contribution in [2.24, 2.45) is 0 Å². The lowest BCUT2D eigenvalue weighted by atomic mass is 10.3. The van der Waals surface area contributed by atoms with E-state index in [1.807, 2.05) is 0 Å². The van der Waals surface area contributed by atoms with E-state index in [0.717, 1.165) is 11.8 Å². The monoisotopic (exact) mass is 435 g/mol. The van der Waals surface area contributed by atoms with Gasteiger partial charge in [-0.15, -0.1) is 11.3 Å². The molecule has 0 unspecified atom stereocenters. The van der Waals surface area contributed by atoms with Crippen LogP contribution in [-0.4, -0.2) is 27.5 Å². The lowest BCUT2D eigenvalue weighted by Crippen LogP contribution is -2.23. The highest BCUT2D eigenvalue weighted by molar-refractivity contribution is 7.99. The van der Waals surface area contributed by atoms with Crippen LogP contribution in [0.25, 0.3) is 0 Å². The Kier molecular flexibility index (Phi) is 6.34. The zero-order valence-electron chi connectivity index (χ0n) is 14.2. The number of thiophene rings is 1. The number of thioether (sulfide) groups is 1. The molecular formula is C17H14ClN5O3S2.